The Morgan fingerprint density at radius 3 is 2.00 bits per heavy atom. The van der Waals surface area contributed by atoms with Gasteiger partial charge in [0.2, 0.25) is 11.8 Å². The second-order valence-corrected chi connectivity index (χ2v) is 4.61. The van der Waals surface area contributed by atoms with E-state index >= 15 is 0 Å². The van der Waals surface area contributed by atoms with Crippen LogP contribution in [0.25, 0.3) is 0 Å². The van der Waals surface area contributed by atoms with Crippen LogP contribution in [0, 0.1) is 11.8 Å². The molecule has 0 aliphatic carbocycles. The smallest absolute Gasteiger partial charge is 0.233 e. The van der Waals surface area contributed by atoms with E-state index in [9.17, 15) is 9.59 Å². The predicted octanol–water partition coefficient (Wildman–Crippen LogP) is -0.00740. The number of ether oxygens (including phenoxy) is 1. The van der Waals surface area contributed by atoms with Crippen LogP contribution in [0.3, 0.4) is 0 Å². The Morgan fingerprint density at radius 2 is 1.57 bits per heavy atom. The van der Waals surface area contributed by atoms with Gasteiger partial charge in [0, 0.05) is 0 Å². The fourth-order valence-electron chi connectivity index (χ4n) is 2.97. The standard InChI is InChI=1S/C10H11NO3/c1-9-3-4-10(2,14-9)6-5(9)7(12)11-8(6)13/h3-6H,1-2H3,(H,11,12,13). The SMILES string of the molecule is CC12C=CC(C)(O1)C1C(=O)NC(=O)C12. The Balaban J connectivity index is 2.18. The van der Waals surface area contributed by atoms with Crippen molar-refractivity contribution in [2.24, 2.45) is 11.8 Å². The van der Waals surface area contributed by atoms with Gasteiger partial charge < -0.3 is 4.74 Å². The maximum atomic E-state index is 11.6. The third-order valence-corrected chi connectivity index (χ3v) is 3.56. The molecular formula is C10H11NO3. The van der Waals surface area contributed by atoms with Crippen molar-refractivity contribution in [1.29, 1.82) is 0 Å². The summed E-state index contributed by atoms with van der Waals surface area (Å²) in [5.41, 5.74) is -1.18. The lowest BCUT2D eigenvalue weighted by atomic mass is 9.73. The van der Waals surface area contributed by atoms with Crippen LogP contribution >= 0.6 is 0 Å². The maximum Gasteiger partial charge on any atom is 0.233 e. The maximum absolute atomic E-state index is 11.6. The van der Waals surface area contributed by atoms with Gasteiger partial charge in [-0.1, -0.05) is 12.2 Å². The van der Waals surface area contributed by atoms with Crippen LogP contribution in [0.4, 0.5) is 0 Å². The summed E-state index contributed by atoms with van der Waals surface area (Å²) in [6.45, 7) is 3.72. The van der Waals surface area contributed by atoms with E-state index in [4.69, 9.17) is 4.74 Å². The van der Waals surface area contributed by atoms with Crippen LogP contribution in [0.15, 0.2) is 12.2 Å². The predicted molar refractivity (Wildman–Crippen MR) is 47.2 cm³/mol. The van der Waals surface area contributed by atoms with Crippen molar-refractivity contribution in [3.05, 3.63) is 12.2 Å². The van der Waals surface area contributed by atoms with Crippen molar-refractivity contribution in [1.82, 2.24) is 5.32 Å². The van der Waals surface area contributed by atoms with Crippen molar-refractivity contribution in [3.63, 3.8) is 0 Å². The molecule has 3 aliphatic rings. The number of rotatable bonds is 0. The molecule has 14 heavy (non-hydrogen) atoms. The topological polar surface area (TPSA) is 55.4 Å². The molecular weight excluding hydrogens is 182 g/mol. The summed E-state index contributed by atoms with van der Waals surface area (Å²) in [5, 5.41) is 2.37. The molecule has 4 unspecified atom stereocenters. The van der Waals surface area contributed by atoms with Gasteiger partial charge in [0.25, 0.3) is 0 Å². The average Bonchev–Trinajstić information content (AvgIpc) is 2.60. The minimum Gasteiger partial charge on any atom is -0.359 e. The van der Waals surface area contributed by atoms with Gasteiger partial charge in [-0.05, 0) is 13.8 Å². The van der Waals surface area contributed by atoms with Crippen LogP contribution in [-0.2, 0) is 14.3 Å². The van der Waals surface area contributed by atoms with E-state index in [1.54, 1.807) is 0 Å². The molecule has 0 aromatic rings. The van der Waals surface area contributed by atoms with Gasteiger partial charge in [-0.15, -0.1) is 0 Å². The highest BCUT2D eigenvalue weighted by Gasteiger charge is 2.68. The highest BCUT2D eigenvalue weighted by atomic mass is 16.5. The third kappa shape index (κ3) is 0.661. The number of carbonyl (C=O) groups is 2. The molecule has 3 heterocycles. The summed E-state index contributed by atoms with van der Waals surface area (Å²) in [5.74, 6) is -1.08. The zero-order chi connectivity index (χ0) is 10.1. The summed E-state index contributed by atoms with van der Waals surface area (Å²) < 4.78 is 5.76. The molecule has 0 radical (unpaired) electrons. The van der Waals surface area contributed by atoms with Crippen molar-refractivity contribution >= 4 is 11.8 Å². The minimum absolute atomic E-state index is 0.199. The van der Waals surface area contributed by atoms with Gasteiger partial charge in [0.15, 0.2) is 0 Å². The molecule has 2 saturated heterocycles. The van der Waals surface area contributed by atoms with Crippen LogP contribution in [-0.4, -0.2) is 23.0 Å². The monoisotopic (exact) mass is 193 g/mol. The molecule has 2 amide bonds. The highest BCUT2D eigenvalue weighted by molar-refractivity contribution is 6.07. The lowest BCUT2D eigenvalue weighted by Gasteiger charge is -2.22. The number of hydrogen-bond acceptors (Lipinski definition) is 3. The van der Waals surface area contributed by atoms with E-state index in [2.05, 4.69) is 5.32 Å². The fourth-order valence-corrected chi connectivity index (χ4v) is 2.97. The number of nitrogens with one attached hydrogen (secondary N) is 1. The fraction of sp³-hybridized carbons (Fsp3) is 0.600. The van der Waals surface area contributed by atoms with Crippen LogP contribution in [0.2, 0.25) is 0 Å². The Bertz CT molecular complexity index is 355. The minimum atomic E-state index is -0.588. The third-order valence-electron chi connectivity index (χ3n) is 3.56. The average molecular weight is 193 g/mol. The number of hydrogen-bond donors (Lipinski definition) is 1. The van der Waals surface area contributed by atoms with Gasteiger partial charge in [0.1, 0.15) is 0 Å². The van der Waals surface area contributed by atoms with E-state index in [-0.39, 0.29) is 23.7 Å². The van der Waals surface area contributed by atoms with Crippen LogP contribution in [0.5, 0.6) is 0 Å². The number of amides is 2. The first-order chi connectivity index (χ1) is 6.46. The molecule has 2 fully saturated rings. The molecule has 1 N–H and O–H groups in total. The zero-order valence-corrected chi connectivity index (χ0v) is 8.03. The number of imide groups is 1. The Morgan fingerprint density at radius 1 is 1.14 bits per heavy atom. The molecule has 0 spiro atoms. The van der Waals surface area contributed by atoms with Gasteiger partial charge >= 0.3 is 0 Å². The van der Waals surface area contributed by atoms with Crippen LogP contribution < -0.4 is 5.32 Å². The van der Waals surface area contributed by atoms with E-state index in [1.807, 2.05) is 26.0 Å². The molecule has 74 valence electrons. The molecule has 2 bridgehead atoms. The Hall–Kier alpha value is -1.16. The van der Waals surface area contributed by atoms with Gasteiger partial charge in [-0.3, -0.25) is 14.9 Å². The van der Waals surface area contributed by atoms with E-state index in [0.717, 1.165) is 0 Å². The molecule has 0 aromatic carbocycles. The number of fused-ring (bicyclic) bond motifs is 5. The first-order valence-electron chi connectivity index (χ1n) is 4.72. The molecule has 0 aromatic heterocycles. The molecule has 4 nitrogen and oxygen atoms in total. The Kier molecular flexibility index (Phi) is 1.13. The highest BCUT2D eigenvalue weighted by Crippen LogP contribution is 2.55. The molecule has 0 saturated carbocycles. The normalized spacial score (nSPS) is 53.9. The van der Waals surface area contributed by atoms with E-state index in [0.29, 0.717) is 0 Å². The molecule has 3 aliphatic heterocycles. The second-order valence-electron chi connectivity index (χ2n) is 4.61. The van der Waals surface area contributed by atoms with Crippen LogP contribution in [0.1, 0.15) is 13.8 Å². The second kappa shape index (κ2) is 1.93. The molecule has 4 heteroatoms. The lowest BCUT2D eigenvalue weighted by molar-refractivity contribution is -0.132. The van der Waals surface area contributed by atoms with Crippen molar-refractivity contribution in [3.8, 4) is 0 Å². The quantitative estimate of drug-likeness (QED) is 0.435. The summed E-state index contributed by atoms with van der Waals surface area (Å²) in [6.07, 6.45) is 3.79. The van der Waals surface area contributed by atoms with E-state index in [1.165, 1.54) is 0 Å². The largest absolute Gasteiger partial charge is 0.359 e. The summed E-state index contributed by atoms with van der Waals surface area (Å²) in [7, 11) is 0. The first kappa shape index (κ1) is 8.17. The summed E-state index contributed by atoms with van der Waals surface area (Å²) in [6, 6.07) is 0. The van der Waals surface area contributed by atoms with Gasteiger partial charge in [-0.25, -0.2) is 0 Å². The van der Waals surface area contributed by atoms with Crippen molar-refractivity contribution in [2.75, 3.05) is 0 Å². The molecule has 3 rings (SSSR count). The van der Waals surface area contributed by atoms with Gasteiger partial charge in [-0.2, -0.15) is 0 Å². The lowest BCUT2D eigenvalue weighted by Crippen LogP contribution is -2.36. The van der Waals surface area contributed by atoms with Gasteiger partial charge in [0.05, 0.1) is 23.0 Å². The zero-order valence-electron chi connectivity index (χ0n) is 8.03. The van der Waals surface area contributed by atoms with Crippen molar-refractivity contribution < 1.29 is 14.3 Å². The molecule has 4 atom stereocenters. The number of carbonyl (C=O) groups excluding carboxylic acids is 2. The van der Waals surface area contributed by atoms with Crippen molar-refractivity contribution in [2.45, 2.75) is 25.0 Å². The van der Waals surface area contributed by atoms with E-state index < -0.39 is 11.2 Å². The Labute approximate surface area is 81.3 Å². The summed E-state index contributed by atoms with van der Waals surface area (Å²) >= 11 is 0. The summed E-state index contributed by atoms with van der Waals surface area (Å²) in [4.78, 5) is 23.1. The first-order valence-corrected chi connectivity index (χ1v) is 4.72.